The van der Waals surface area contributed by atoms with E-state index in [-0.39, 0.29) is 5.91 Å². The van der Waals surface area contributed by atoms with Crippen molar-refractivity contribution in [2.75, 3.05) is 19.7 Å². The van der Waals surface area contributed by atoms with Gasteiger partial charge in [0, 0.05) is 26.4 Å². The Morgan fingerprint density at radius 1 is 1.32 bits per heavy atom. The molecule has 0 atom stereocenters. The molecule has 3 rings (SSSR count). The molecule has 1 aliphatic heterocycles. The summed E-state index contributed by atoms with van der Waals surface area (Å²) in [7, 11) is 0. The Kier molecular flexibility index (Phi) is 5.68. The quantitative estimate of drug-likeness (QED) is 0.805. The van der Waals surface area contributed by atoms with Gasteiger partial charge in [-0.25, -0.2) is 0 Å². The third-order valence-electron chi connectivity index (χ3n) is 4.66. The molecule has 0 unspecified atom stereocenters. The molecule has 6 nitrogen and oxygen atoms in total. The summed E-state index contributed by atoms with van der Waals surface area (Å²) in [5, 5.41) is 3.95. The zero-order chi connectivity index (χ0) is 17.6. The third-order valence-corrected chi connectivity index (χ3v) is 4.66. The van der Waals surface area contributed by atoms with Crippen LogP contribution in [0.15, 0.2) is 28.8 Å². The first kappa shape index (κ1) is 17.5. The van der Waals surface area contributed by atoms with Crippen LogP contribution >= 0.6 is 0 Å². The van der Waals surface area contributed by atoms with E-state index >= 15 is 0 Å². The van der Waals surface area contributed by atoms with Crippen molar-refractivity contribution in [3.63, 3.8) is 0 Å². The summed E-state index contributed by atoms with van der Waals surface area (Å²) in [4.78, 5) is 19.0. The van der Waals surface area contributed by atoms with E-state index in [0.29, 0.717) is 29.7 Å². The van der Waals surface area contributed by atoms with Crippen LogP contribution in [0.1, 0.15) is 48.3 Å². The Labute approximate surface area is 148 Å². The fourth-order valence-corrected chi connectivity index (χ4v) is 3.30. The molecule has 6 heteroatoms. The number of aromatic nitrogens is 2. The normalized spacial score (nSPS) is 15.4. The maximum atomic E-state index is 12.8. The number of amides is 1. The number of ether oxygens (including phenoxy) is 1. The second-order valence-electron chi connectivity index (χ2n) is 6.43. The van der Waals surface area contributed by atoms with Gasteiger partial charge in [0.1, 0.15) is 5.75 Å². The van der Waals surface area contributed by atoms with Crippen molar-refractivity contribution in [3.8, 4) is 5.75 Å². The number of piperidine rings is 1. The fourth-order valence-electron chi connectivity index (χ4n) is 3.30. The molecule has 25 heavy (non-hydrogen) atoms. The average molecular weight is 343 g/mol. The van der Waals surface area contributed by atoms with Crippen LogP contribution in [0.4, 0.5) is 0 Å². The van der Waals surface area contributed by atoms with Crippen LogP contribution in [0.25, 0.3) is 0 Å². The molecule has 2 heterocycles. The molecular weight excluding hydrogens is 318 g/mol. The van der Waals surface area contributed by atoms with Gasteiger partial charge in [0.2, 0.25) is 5.89 Å². The summed E-state index contributed by atoms with van der Waals surface area (Å²) >= 11 is 0. The van der Waals surface area contributed by atoms with Crippen LogP contribution in [0.5, 0.6) is 5.75 Å². The highest BCUT2D eigenvalue weighted by Crippen LogP contribution is 2.26. The Morgan fingerprint density at radius 3 is 2.76 bits per heavy atom. The fraction of sp³-hybridized carbons (Fsp3) is 0.526. The van der Waals surface area contributed by atoms with Crippen LogP contribution in [0.2, 0.25) is 0 Å². The number of benzene rings is 1. The van der Waals surface area contributed by atoms with E-state index in [1.807, 2.05) is 36.1 Å². The van der Waals surface area contributed by atoms with E-state index in [4.69, 9.17) is 9.26 Å². The van der Waals surface area contributed by atoms with Gasteiger partial charge in [0.15, 0.2) is 5.82 Å². The maximum absolute atomic E-state index is 12.8. The van der Waals surface area contributed by atoms with Gasteiger partial charge in [0.25, 0.3) is 5.91 Å². The topological polar surface area (TPSA) is 68.5 Å². The van der Waals surface area contributed by atoms with E-state index < -0.39 is 0 Å². The maximum Gasteiger partial charge on any atom is 0.257 e. The molecule has 1 saturated heterocycles. The van der Waals surface area contributed by atoms with Gasteiger partial charge in [-0.15, -0.1) is 0 Å². The number of aryl methyl sites for hydroxylation is 2. The Morgan fingerprint density at radius 2 is 2.08 bits per heavy atom. The number of hydrogen-bond acceptors (Lipinski definition) is 5. The highest BCUT2D eigenvalue weighted by atomic mass is 16.5. The molecule has 134 valence electrons. The summed E-state index contributed by atoms with van der Waals surface area (Å²) in [6, 6.07) is 7.48. The smallest absolute Gasteiger partial charge is 0.257 e. The summed E-state index contributed by atoms with van der Waals surface area (Å²) in [5.41, 5.74) is 0.657. The van der Waals surface area contributed by atoms with E-state index in [0.717, 1.165) is 44.6 Å². The summed E-state index contributed by atoms with van der Waals surface area (Å²) in [5.74, 6) is 2.73. The second kappa shape index (κ2) is 8.14. The molecule has 1 aliphatic rings. The van der Waals surface area contributed by atoms with Gasteiger partial charge in [-0.05, 0) is 44.2 Å². The van der Waals surface area contributed by atoms with E-state index in [2.05, 4.69) is 10.1 Å². The first-order valence-electron chi connectivity index (χ1n) is 8.97. The van der Waals surface area contributed by atoms with E-state index in [1.54, 1.807) is 6.92 Å². The molecule has 1 aromatic carbocycles. The zero-order valence-corrected chi connectivity index (χ0v) is 14.9. The monoisotopic (exact) mass is 343 g/mol. The molecular formula is C19H25N3O3. The molecule has 0 radical (unpaired) electrons. The first-order chi connectivity index (χ1) is 12.2. The van der Waals surface area contributed by atoms with Crippen molar-refractivity contribution >= 4 is 5.91 Å². The lowest BCUT2D eigenvalue weighted by Gasteiger charge is -2.32. The molecule has 0 spiro atoms. The van der Waals surface area contributed by atoms with Crippen LogP contribution in [0.3, 0.4) is 0 Å². The Bertz CT molecular complexity index is 705. The van der Waals surface area contributed by atoms with Crippen molar-refractivity contribution in [2.45, 2.75) is 39.5 Å². The van der Waals surface area contributed by atoms with Gasteiger partial charge in [-0.2, -0.15) is 4.98 Å². The predicted octanol–water partition coefficient (Wildman–Crippen LogP) is 3.26. The molecule has 1 aromatic heterocycles. The zero-order valence-electron chi connectivity index (χ0n) is 14.9. The molecule has 1 fully saturated rings. The highest BCUT2D eigenvalue weighted by molar-refractivity contribution is 5.97. The molecule has 0 saturated carbocycles. The molecule has 0 bridgehead atoms. The molecule has 1 amide bonds. The minimum Gasteiger partial charge on any atom is -0.493 e. The van der Waals surface area contributed by atoms with Gasteiger partial charge >= 0.3 is 0 Å². The lowest BCUT2D eigenvalue weighted by Crippen LogP contribution is -2.38. The number of para-hydroxylation sites is 1. The van der Waals surface area contributed by atoms with Gasteiger partial charge < -0.3 is 14.2 Å². The van der Waals surface area contributed by atoms with Gasteiger partial charge in [-0.3, -0.25) is 4.79 Å². The van der Waals surface area contributed by atoms with Crippen LogP contribution in [-0.4, -0.2) is 40.6 Å². The van der Waals surface area contributed by atoms with Crippen LogP contribution in [-0.2, 0) is 6.42 Å². The predicted molar refractivity (Wildman–Crippen MR) is 93.6 cm³/mol. The van der Waals surface area contributed by atoms with Crippen molar-refractivity contribution in [1.29, 1.82) is 0 Å². The van der Waals surface area contributed by atoms with Crippen molar-refractivity contribution < 1.29 is 14.1 Å². The van der Waals surface area contributed by atoms with Crippen LogP contribution in [0, 0.1) is 12.8 Å². The number of carbonyl (C=O) groups excluding carboxylic acids is 1. The SMILES string of the molecule is CCOc1ccccc1C(=O)N1CCC(CCc2noc(C)n2)CC1. The largest absolute Gasteiger partial charge is 0.493 e. The van der Waals surface area contributed by atoms with Gasteiger partial charge in [-0.1, -0.05) is 17.3 Å². The lowest BCUT2D eigenvalue weighted by molar-refractivity contribution is 0.0682. The highest BCUT2D eigenvalue weighted by Gasteiger charge is 2.25. The summed E-state index contributed by atoms with van der Waals surface area (Å²) in [6.45, 7) is 5.87. The van der Waals surface area contributed by atoms with Crippen molar-refractivity contribution in [1.82, 2.24) is 15.0 Å². The number of rotatable bonds is 6. The number of hydrogen-bond donors (Lipinski definition) is 0. The van der Waals surface area contributed by atoms with E-state index in [9.17, 15) is 4.79 Å². The number of nitrogens with zero attached hydrogens (tertiary/aromatic N) is 3. The Balaban J connectivity index is 1.52. The van der Waals surface area contributed by atoms with E-state index in [1.165, 1.54) is 0 Å². The minimum absolute atomic E-state index is 0.0660. The minimum atomic E-state index is 0.0660. The van der Waals surface area contributed by atoms with Gasteiger partial charge in [0.05, 0.1) is 12.2 Å². The standard InChI is InChI=1S/C19H25N3O3/c1-3-24-17-7-5-4-6-16(17)19(23)22-12-10-15(11-13-22)8-9-18-20-14(2)25-21-18/h4-7,15H,3,8-13H2,1-2H3. The summed E-state index contributed by atoms with van der Waals surface area (Å²) < 4.78 is 10.6. The molecule has 0 aliphatic carbocycles. The van der Waals surface area contributed by atoms with Crippen molar-refractivity contribution in [3.05, 3.63) is 41.5 Å². The lowest BCUT2D eigenvalue weighted by atomic mass is 9.91. The number of likely N-dealkylation sites (tertiary alicyclic amines) is 1. The average Bonchev–Trinajstić information content (AvgIpc) is 3.06. The van der Waals surface area contributed by atoms with Crippen molar-refractivity contribution in [2.24, 2.45) is 5.92 Å². The number of carbonyl (C=O) groups is 1. The second-order valence-corrected chi connectivity index (χ2v) is 6.43. The third kappa shape index (κ3) is 4.38. The molecule has 2 aromatic rings. The Hall–Kier alpha value is -2.37. The summed E-state index contributed by atoms with van der Waals surface area (Å²) in [6.07, 6.45) is 3.90. The first-order valence-corrected chi connectivity index (χ1v) is 8.97. The molecule has 0 N–H and O–H groups in total. The van der Waals surface area contributed by atoms with Crippen LogP contribution < -0.4 is 4.74 Å².